The third kappa shape index (κ3) is 5.34. The van der Waals surface area contributed by atoms with Gasteiger partial charge in [0.2, 0.25) is 0 Å². The van der Waals surface area contributed by atoms with Gasteiger partial charge in [0.1, 0.15) is 0 Å². The molecule has 1 amide bonds. The third-order valence-corrected chi connectivity index (χ3v) is 8.71. The summed E-state index contributed by atoms with van der Waals surface area (Å²) in [6.07, 6.45) is 3.23. The van der Waals surface area contributed by atoms with Crippen LogP contribution in [0.15, 0.2) is 36.4 Å². The van der Waals surface area contributed by atoms with Crippen LogP contribution in [0.4, 0.5) is 0 Å². The third-order valence-electron chi connectivity index (χ3n) is 8.71. The number of piperazine rings is 1. The molecule has 0 aliphatic carbocycles. The first kappa shape index (κ1) is 25.9. The van der Waals surface area contributed by atoms with Crippen molar-refractivity contribution < 1.29 is 4.79 Å². The van der Waals surface area contributed by atoms with E-state index in [1.807, 2.05) is 0 Å². The number of rotatable bonds is 5. The van der Waals surface area contributed by atoms with Crippen molar-refractivity contribution in [2.24, 2.45) is 0 Å². The Hall–Kier alpha value is -2.17. The van der Waals surface area contributed by atoms with Gasteiger partial charge in [-0.25, -0.2) is 0 Å². The number of piperidine rings is 1. The summed E-state index contributed by atoms with van der Waals surface area (Å²) >= 11 is 0. The van der Waals surface area contributed by atoms with Gasteiger partial charge < -0.3 is 4.90 Å². The van der Waals surface area contributed by atoms with Crippen molar-refractivity contribution in [3.05, 3.63) is 69.8 Å². The van der Waals surface area contributed by atoms with Crippen LogP contribution in [0.1, 0.15) is 84.3 Å². The second kappa shape index (κ2) is 10.4. The molecular formula is C31H45N3O. The van der Waals surface area contributed by atoms with Crippen LogP contribution in [0.25, 0.3) is 0 Å². The minimum Gasteiger partial charge on any atom is -0.338 e. The number of hydrogen-bond donors (Lipinski definition) is 0. The van der Waals surface area contributed by atoms with Crippen LogP contribution in [-0.2, 0) is 0 Å². The van der Waals surface area contributed by atoms with E-state index in [4.69, 9.17) is 0 Å². The predicted octanol–water partition coefficient (Wildman–Crippen LogP) is 6.07. The molecule has 4 nitrogen and oxygen atoms in total. The zero-order valence-electron chi connectivity index (χ0n) is 23.0. The molecule has 0 radical (unpaired) electrons. The Kier molecular flexibility index (Phi) is 7.73. The van der Waals surface area contributed by atoms with Crippen LogP contribution < -0.4 is 0 Å². The lowest BCUT2D eigenvalue weighted by atomic mass is 9.85. The maximum Gasteiger partial charge on any atom is 0.254 e. The summed E-state index contributed by atoms with van der Waals surface area (Å²) < 4.78 is 0. The normalized spacial score (nSPS) is 22.3. The van der Waals surface area contributed by atoms with Gasteiger partial charge in [-0.15, -0.1) is 0 Å². The van der Waals surface area contributed by atoms with Gasteiger partial charge in [-0.1, -0.05) is 54.4 Å². The zero-order valence-corrected chi connectivity index (χ0v) is 23.0. The molecule has 2 heterocycles. The van der Waals surface area contributed by atoms with Gasteiger partial charge in [0.05, 0.1) is 0 Å². The first-order valence-electron chi connectivity index (χ1n) is 13.6. The molecule has 190 valence electrons. The molecule has 2 aliphatic heterocycles. The van der Waals surface area contributed by atoms with Gasteiger partial charge in [0.25, 0.3) is 5.91 Å². The summed E-state index contributed by atoms with van der Waals surface area (Å²) in [5.74, 6) is 0.212. The van der Waals surface area contributed by atoms with Crippen molar-refractivity contribution in [1.29, 1.82) is 0 Å². The monoisotopic (exact) mass is 475 g/mol. The van der Waals surface area contributed by atoms with Crippen molar-refractivity contribution in [2.75, 3.05) is 32.7 Å². The molecular weight excluding hydrogens is 430 g/mol. The molecule has 0 spiro atoms. The molecule has 0 saturated carbocycles. The predicted molar refractivity (Wildman–Crippen MR) is 146 cm³/mol. The molecule has 0 N–H and O–H groups in total. The van der Waals surface area contributed by atoms with E-state index in [0.29, 0.717) is 12.1 Å². The second-order valence-corrected chi connectivity index (χ2v) is 11.4. The van der Waals surface area contributed by atoms with E-state index in [9.17, 15) is 4.79 Å². The average molecular weight is 476 g/mol. The summed E-state index contributed by atoms with van der Waals surface area (Å²) in [6, 6.07) is 14.4. The number of amides is 1. The second-order valence-electron chi connectivity index (χ2n) is 11.4. The molecule has 2 aliphatic rings. The quantitative estimate of drug-likeness (QED) is 0.525. The number of aryl methyl sites for hydroxylation is 4. The van der Waals surface area contributed by atoms with Crippen LogP contribution in [0.2, 0.25) is 0 Å². The van der Waals surface area contributed by atoms with Crippen LogP contribution >= 0.6 is 0 Å². The fourth-order valence-corrected chi connectivity index (χ4v) is 6.56. The highest BCUT2D eigenvalue weighted by molar-refractivity contribution is 5.97. The summed E-state index contributed by atoms with van der Waals surface area (Å²) in [5, 5.41) is 0. The molecule has 4 heteroatoms. The number of hydrogen-bond acceptors (Lipinski definition) is 3. The summed E-state index contributed by atoms with van der Waals surface area (Å²) in [5.41, 5.74) is 7.27. The molecule has 4 rings (SSSR count). The highest BCUT2D eigenvalue weighted by Gasteiger charge is 2.41. The average Bonchev–Trinajstić information content (AvgIpc) is 2.81. The summed E-state index contributed by atoms with van der Waals surface area (Å²) in [7, 11) is 0. The van der Waals surface area contributed by atoms with Crippen molar-refractivity contribution in [3.8, 4) is 0 Å². The van der Waals surface area contributed by atoms with Crippen LogP contribution in [0, 0.1) is 27.7 Å². The summed E-state index contributed by atoms with van der Waals surface area (Å²) in [6.45, 7) is 20.5. The van der Waals surface area contributed by atoms with Gasteiger partial charge in [0.15, 0.2) is 0 Å². The lowest BCUT2D eigenvalue weighted by Gasteiger charge is -2.53. The standard InChI is InChI=1S/C31H45N3O/c1-8-28(27-11-9-22(2)10-12-27)34-18-17-33(21-26(34)6)31(7)13-15-32(16-14-31)30(35)29-24(4)19-23(3)20-25(29)5/h9-12,19-20,26,28H,8,13-18,21H2,1-7H3/t26-,28-/m0/s1. The Balaban J connectivity index is 1.39. The minimum absolute atomic E-state index is 0.167. The van der Waals surface area contributed by atoms with Crippen molar-refractivity contribution in [2.45, 2.75) is 85.4 Å². The van der Waals surface area contributed by atoms with Crippen molar-refractivity contribution in [1.82, 2.24) is 14.7 Å². The Morgan fingerprint density at radius 3 is 2.09 bits per heavy atom. The van der Waals surface area contributed by atoms with Gasteiger partial charge in [0, 0.05) is 55.9 Å². The van der Waals surface area contributed by atoms with E-state index in [2.05, 4.69) is 99.6 Å². The lowest BCUT2D eigenvalue weighted by Crippen LogP contribution is -2.62. The molecule has 2 aromatic carbocycles. The van der Waals surface area contributed by atoms with Gasteiger partial charge in [-0.3, -0.25) is 14.6 Å². The smallest absolute Gasteiger partial charge is 0.254 e. The number of carbonyl (C=O) groups excluding carboxylic acids is 1. The van der Waals surface area contributed by atoms with E-state index in [1.54, 1.807) is 0 Å². The molecule has 0 unspecified atom stereocenters. The molecule has 35 heavy (non-hydrogen) atoms. The molecule has 2 saturated heterocycles. The topological polar surface area (TPSA) is 26.8 Å². The van der Waals surface area contributed by atoms with Crippen LogP contribution in [0.3, 0.4) is 0 Å². The Morgan fingerprint density at radius 2 is 1.54 bits per heavy atom. The molecule has 2 atom stereocenters. The van der Waals surface area contributed by atoms with Gasteiger partial charge in [-0.2, -0.15) is 0 Å². The Labute approximate surface area is 213 Å². The Morgan fingerprint density at radius 1 is 0.943 bits per heavy atom. The number of benzene rings is 2. The van der Waals surface area contributed by atoms with Crippen LogP contribution in [0.5, 0.6) is 0 Å². The largest absolute Gasteiger partial charge is 0.338 e. The van der Waals surface area contributed by atoms with E-state index in [-0.39, 0.29) is 11.4 Å². The maximum atomic E-state index is 13.4. The molecule has 2 aromatic rings. The first-order valence-corrected chi connectivity index (χ1v) is 13.6. The molecule has 0 bridgehead atoms. The zero-order chi connectivity index (χ0) is 25.3. The fourth-order valence-electron chi connectivity index (χ4n) is 6.56. The number of carbonyl (C=O) groups is 1. The maximum absolute atomic E-state index is 13.4. The Bertz CT molecular complexity index is 1010. The van der Waals surface area contributed by atoms with E-state index in [1.165, 1.54) is 16.7 Å². The van der Waals surface area contributed by atoms with Crippen molar-refractivity contribution >= 4 is 5.91 Å². The summed E-state index contributed by atoms with van der Waals surface area (Å²) in [4.78, 5) is 20.9. The number of nitrogens with zero attached hydrogens (tertiary/aromatic N) is 3. The number of likely N-dealkylation sites (tertiary alicyclic amines) is 1. The van der Waals surface area contributed by atoms with E-state index in [0.717, 1.165) is 68.7 Å². The van der Waals surface area contributed by atoms with Gasteiger partial charge in [-0.05, 0) is 77.5 Å². The fraction of sp³-hybridized carbons (Fsp3) is 0.581. The SMILES string of the molecule is CC[C@@H](c1ccc(C)cc1)N1CCN(C2(C)CCN(C(=O)c3c(C)cc(C)cc3C)CC2)C[C@@H]1C. The first-order chi connectivity index (χ1) is 16.6. The van der Waals surface area contributed by atoms with Crippen molar-refractivity contribution in [3.63, 3.8) is 0 Å². The highest BCUT2D eigenvalue weighted by atomic mass is 16.2. The highest BCUT2D eigenvalue weighted by Crippen LogP contribution is 2.35. The lowest BCUT2D eigenvalue weighted by molar-refractivity contribution is -0.0305. The molecule has 0 aromatic heterocycles. The van der Waals surface area contributed by atoms with Gasteiger partial charge >= 0.3 is 0 Å². The van der Waals surface area contributed by atoms with E-state index >= 15 is 0 Å². The molecule has 2 fully saturated rings. The van der Waals surface area contributed by atoms with Crippen LogP contribution in [-0.4, -0.2) is 64.9 Å². The minimum atomic E-state index is 0.167. The van der Waals surface area contributed by atoms with E-state index < -0.39 is 0 Å².